The molecule has 0 bridgehead atoms. The third kappa shape index (κ3) is 1.69. The van der Waals surface area contributed by atoms with Crippen molar-refractivity contribution < 1.29 is 9.53 Å². The maximum atomic E-state index is 11.3. The third-order valence-corrected chi connectivity index (χ3v) is 2.97. The molecule has 2 heterocycles. The standard InChI is InChI=1S/C9H17N3O2/c1-14-9(13)12-5-2-8(12)11-6-3-10-4-7-11/h8,10H,2-7H2,1H3. The predicted octanol–water partition coefficient (Wildman–Crippen LogP) is -0.310. The van der Waals surface area contributed by atoms with Gasteiger partial charge in [0.2, 0.25) is 0 Å². The molecule has 0 aliphatic carbocycles. The maximum absolute atomic E-state index is 11.3. The van der Waals surface area contributed by atoms with Gasteiger partial charge in [0.1, 0.15) is 0 Å². The Labute approximate surface area is 84.0 Å². The summed E-state index contributed by atoms with van der Waals surface area (Å²) >= 11 is 0. The fraction of sp³-hybridized carbons (Fsp3) is 0.889. The van der Waals surface area contributed by atoms with Crippen LogP contribution >= 0.6 is 0 Å². The fourth-order valence-corrected chi connectivity index (χ4v) is 2.06. The molecule has 1 unspecified atom stereocenters. The Morgan fingerprint density at radius 2 is 2.07 bits per heavy atom. The molecule has 1 atom stereocenters. The van der Waals surface area contributed by atoms with Gasteiger partial charge >= 0.3 is 6.09 Å². The first-order valence-electron chi connectivity index (χ1n) is 5.12. The lowest BCUT2D eigenvalue weighted by atomic mass is 10.1. The van der Waals surface area contributed by atoms with Crippen molar-refractivity contribution >= 4 is 6.09 Å². The summed E-state index contributed by atoms with van der Waals surface area (Å²) in [6.45, 7) is 4.93. The molecule has 2 aliphatic heterocycles. The number of piperazine rings is 1. The fourth-order valence-electron chi connectivity index (χ4n) is 2.06. The zero-order valence-corrected chi connectivity index (χ0v) is 8.53. The van der Waals surface area contributed by atoms with E-state index in [1.165, 1.54) is 7.11 Å². The molecule has 0 aromatic heterocycles. The highest BCUT2D eigenvalue weighted by atomic mass is 16.5. The minimum Gasteiger partial charge on any atom is -0.453 e. The second kappa shape index (κ2) is 4.14. The molecule has 2 saturated heterocycles. The molecule has 0 aromatic rings. The molecule has 5 heteroatoms. The van der Waals surface area contributed by atoms with Gasteiger partial charge in [-0.2, -0.15) is 0 Å². The summed E-state index contributed by atoms with van der Waals surface area (Å²) in [6, 6.07) is 0. The van der Waals surface area contributed by atoms with Crippen molar-refractivity contribution in [2.75, 3.05) is 39.8 Å². The number of nitrogens with one attached hydrogen (secondary N) is 1. The molecule has 1 N–H and O–H groups in total. The number of hydrogen-bond acceptors (Lipinski definition) is 4. The highest BCUT2D eigenvalue weighted by Crippen LogP contribution is 2.22. The van der Waals surface area contributed by atoms with Crippen LogP contribution in [0.1, 0.15) is 6.42 Å². The zero-order chi connectivity index (χ0) is 9.97. The Kier molecular flexibility index (Phi) is 2.88. The van der Waals surface area contributed by atoms with E-state index in [0.717, 1.165) is 39.1 Å². The lowest BCUT2D eigenvalue weighted by molar-refractivity contribution is -0.0300. The number of ether oxygens (including phenoxy) is 1. The van der Waals surface area contributed by atoms with Crippen LogP contribution < -0.4 is 5.32 Å². The van der Waals surface area contributed by atoms with E-state index in [9.17, 15) is 4.79 Å². The van der Waals surface area contributed by atoms with Gasteiger partial charge in [-0.15, -0.1) is 0 Å². The average Bonchev–Trinajstić information content (AvgIpc) is 2.17. The van der Waals surface area contributed by atoms with Gasteiger partial charge in [0, 0.05) is 32.7 Å². The Morgan fingerprint density at radius 1 is 1.36 bits per heavy atom. The van der Waals surface area contributed by atoms with Crippen LogP contribution in [0.25, 0.3) is 0 Å². The molecule has 0 radical (unpaired) electrons. The molecule has 2 rings (SSSR count). The number of methoxy groups -OCH3 is 1. The molecule has 2 fully saturated rings. The summed E-state index contributed by atoms with van der Waals surface area (Å²) in [4.78, 5) is 15.4. The topological polar surface area (TPSA) is 44.8 Å². The number of likely N-dealkylation sites (tertiary alicyclic amines) is 1. The Morgan fingerprint density at radius 3 is 2.57 bits per heavy atom. The van der Waals surface area contributed by atoms with Crippen molar-refractivity contribution in [3.05, 3.63) is 0 Å². The summed E-state index contributed by atoms with van der Waals surface area (Å²) in [5.41, 5.74) is 0. The molecule has 2 aliphatic rings. The van der Waals surface area contributed by atoms with E-state index < -0.39 is 0 Å². The molecule has 1 amide bonds. The number of carbonyl (C=O) groups excluding carboxylic acids is 1. The van der Waals surface area contributed by atoms with Gasteiger partial charge in [-0.3, -0.25) is 9.80 Å². The van der Waals surface area contributed by atoms with E-state index in [2.05, 4.69) is 10.2 Å². The second-order valence-corrected chi connectivity index (χ2v) is 3.72. The number of rotatable bonds is 1. The molecule has 5 nitrogen and oxygen atoms in total. The molecular weight excluding hydrogens is 182 g/mol. The molecule has 14 heavy (non-hydrogen) atoms. The summed E-state index contributed by atoms with van der Waals surface area (Å²) in [7, 11) is 1.44. The van der Waals surface area contributed by atoms with Crippen LogP contribution in [0.4, 0.5) is 4.79 Å². The Bertz CT molecular complexity index is 216. The van der Waals surface area contributed by atoms with Gasteiger partial charge in [-0.25, -0.2) is 4.79 Å². The first kappa shape index (κ1) is 9.73. The van der Waals surface area contributed by atoms with Crippen LogP contribution in [0, 0.1) is 0 Å². The lowest BCUT2D eigenvalue weighted by Gasteiger charge is -2.47. The van der Waals surface area contributed by atoms with Crippen LogP contribution in [0.3, 0.4) is 0 Å². The number of carbonyl (C=O) groups is 1. The maximum Gasteiger partial charge on any atom is 0.410 e. The first-order valence-corrected chi connectivity index (χ1v) is 5.12. The monoisotopic (exact) mass is 199 g/mol. The molecule has 0 saturated carbocycles. The van der Waals surface area contributed by atoms with Gasteiger partial charge in [-0.05, 0) is 6.42 Å². The Hall–Kier alpha value is -0.810. The third-order valence-electron chi connectivity index (χ3n) is 2.97. The van der Waals surface area contributed by atoms with Crippen molar-refractivity contribution in [1.82, 2.24) is 15.1 Å². The van der Waals surface area contributed by atoms with Gasteiger partial charge in [0.05, 0.1) is 13.3 Å². The predicted molar refractivity (Wildman–Crippen MR) is 52.0 cm³/mol. The van der Waals surface area contributed by atoms with E-state index in [-0.39, 0.29) is 12.3 Å². The highest BCUT2D eigenvalue weighted by Gasteiger charge is 2.37. The van der Waals surface area contributed by atoms with Crippen LogP contribution in [0.5, 0.6) is 0 Å². The minimum absolute atomic E-state index is 0.195. The number of amides is 1. The van der Waals surface area contributed by atoms with E-state index in [1.807, 2.05) is 0 Å². The number of hydrogen-bond donors (Lipinski definition) is 1. The summed E-state index contributed by atoms with van der Waals surface area (Å²) in [6.07, 6.45) is 1.17. The minimum atomic E-state index is -0.195. The van der Waals surface area contributed by atoms with Gasteiger partial charge < -0.3 is 10.1 Å². The van der Waals surface area contributed by atoms with Gasteiger partial charge in [-0.1, -0.05) is 0 Å². The molecule has 0 aromatic carbocycles. The zero-order valence-electron chi connectivity index (χ0n) is 8.53. The van der Waals surface area contributed by atoms with Crippen LogP contribution in [0.2, 0.25) is 0 Å². The van der Waals surface area contributed by atoms with Gasteiger partial charge in [0.25, 0.3) is 0 Å². The van der Waals surface area contributed by atoms with E-state index in [0.29, 0.717) is 0 Å². The van der Waals surface area contributed by atoms with Gasteiger partial charge in [0.15, 0.2) is 0 Å². The van der Waals surface area contributed by atoms with Crippen LogP contribution in [0.15, 0.2) is 0 Å². The highest BCUT2D eigenvalue weighted by molar-refractivity contribution is 5.68. The average molecular weight is 199 g/mol. The summed E-state index contributed by atoms with van der Waals surface area (Å²) in [5, 5.41) is 3.30. The Balaban J connectivity index is 1.88. The van der Waals surface area contributed by atoms with E-state index >= 15 is 0 Å². The largest absolute Gasteiger partial charge is 0.453 e. The van der Waals surface area contributed by atoms with Crippen molar-refractivity contribution in [3.63, 3.8) is 0 Å². The van der Waals surface area contributed by atoms with Crippen molar-refractivity contribution in [2.24, 2.45) is 0 Å². The number of nitrogens with zero attached hydrogens (tertiary/aromatic N) is 2. The normalized spacial score (nSPS) is 28.4. The summed E-state index contributed by atoms with van der Waals surface area (Å²) in [5.74, 6) is 0. The summed E-state index contributed by atoms with van der Waals surface area (Å²) < 4.78 is 4.72. The smallest absolute Gasteiger partial charge is 0.410 e. The molecule has 80 valence electrons. The van der Waals surface area contributed by atoms with Crippen LogP contribution in [-0.4, -0.2) is 61.9 Å². The lowest BCUT2D eigenvalue weighted by Crippen LogP contribution is -2.62. The second-order valence-electron chi connectivity index (χ2n) is 3.72. The van der Waals surface area contributed by atoms with E-state index in [4.69, 9.17) is 4.74 Å². The molecular formula is C9H17N3O2. The SMILES string of the molecule is COC(=O)N1CCC1N1CCNCC1. The first-order chi connectivity index (χ1) is 6.83. The van der Waals surface area contributed by atoms with Crippen molar-refractivity contribution in [1.29, 1.82) is 0 Å². The van der Waals surface area contributed by atoms with E-state index in [1.54, 1.807) is 4.90 Å². The quantitative estimate of drug-likeness (QED) is 0.629. The van der Waals surface area contributed by atoms with Crippen molar-refractivity contribution in [3.8, 4) is 0 Å². The molecule has 0 spiro atoms. The van der Waals surface area contributed by atoms with Crippen molar-refractivity contribution in [2.45, 2.75) is 12.6 Å². The van der Waals surface area contributed by atoms with Crippen LogP contribution in [-0.2, 0) is 4.74 Å².